The highest BCUT2D eigenvalue weighted by Crippen LogP contribution is 2.26. The van der Waals surface area contributed by atoms with E-state index in [1.165, 1.54) is 0 Å². The fourth-order valence-electron chi connectivity index (χ4n) is 1.26. The highest BCUT2D eigenvalue weighted by Gasteiger charge is 2.08. The molecule has 0 atom stereocenters. The zero-order valence-electron chi connectivity index (χ0n) is 9.31. The molecule has 0 bridgehead atoms. The average molecular weight is 305 g/mol. The van der Waals surface area contributed by atoms with Crippen LogP contribution in [0, 0.1) is 12.7 Å². The Balaban J connectivity index is 0.000000606. The van der Waals surface area contributed by atoms with E-state index in [0.29, 0.717) is 20.5 Å². The molecule has 0 aliphatic heterocycles. The monoisotopic (exact) mass is 303 g/mol. The van der Waals surface area contributed by atoms with Crippen molar-refractivity contribution in [1.82, 2.24) is 4.98 Å². The Bertz CT molecular complexity index is 514. The van der Waals surface area contributed by atoms with Crippen LogP contribution in [0.5, 0.6) is 0 Å². The maximum Gasteiger partial charge on any atom is 0.146 e. The highest BCUT2D eigenvalue weighted by atomic mass is 79.9. The van der Waals surface area contributed by atoms with Crippen LogP contribution in [0.25, 0.3) is 10.9 Å². The first kappa shape index (κ1) is 13.4. The summed E-state index contributed by atoms with van der Waals surface area (Å²) in [4.78, 5) is 4.08. The lowest BCUT2D eigenvalue weighted by Crippen LogP contribution is -1.88. The van der Waals surface area contributed by atoms with Gasteiger partial charge in [-0.25, -0.2) is 9.37 Å². The fourth-order valence-corrected chi connectivity index (χ4v) is 1.75. The Morgan fingerprint density at radius 1 is 1.31 bits per heavy atom. The molecule has 2 aromatic rings. The third kappa shape index (κ3) is 2.53. The quantitative estimate of drug-likeness (QED) is 0.615. The summed E-state index contributed by atoms with van der Waals surface area (Å²) < 4.78 is 14.0. The molecule has 0 aliphatic rings. The normalized spacial score (nSPS) is 9.88. The topological polar surface area (TPSA) is 12.9 Å². The molecular formula is C12H12BrClFN. The number of nitrogens with zero attached hydrogens (tertiary/aromatic N) is 1. The summed E-state index contributed by atoms with van der Waals surface area (Å²) in [6, 6.07) is 5.05. The molecule has 16 heavy (non-hydrogen) atoms. The summed E-state index contributed by atoms with van der Waals surface area (Å²) in [6.07, 6.45) is 0. The van der Waals surface area contributed by atoms with Crippen LogP contribution in [0.3, 0.4) is 0 Å². The summed E-state index contributed by atoms with van der Waals surface area (Å²) >= 11 is 8.96. The third-order valence-electron chi connectivity index (χ3n) is 2.01. The number of aromatic nitrogens is 1. The van der Waals surface area contributed by atoms with Gasteiger partial charge in [-0.2, -0.15) is 0 Å². The molecule has 0 aliphatic carbocycles. The van der Waals surface area contributed by atoms with Crippen molar-refractivity contribution in [3.8, 4) is 0 Å². The van der Waals surface area contributed by atoms with Crippen molar-refractivity contribution in [2.24, 2.45) is 0 Å². The predicted octanol–water partition coefficient (Wildman–Crippen LogP) is 5.12. The van der Waals surface area contributed by atoms with Gasteiger partial charge in [0.2, 0.25) is 0 Å². The van der Waals surface area contributed by atoms with Gasteiger partial charge in [0.1, 0.15) is 11.0 Å². The Morgan fingerprint density at radius 3 is 2.56 bits per heavy atom. The van der Waals surface area contributed by atoms with Gasteiger partial charge in [0.05, 0.1) is 9.99 Å². The minimum absolute atomic E-state index is 0.297. The van der Waals surface area contributed by atoms with Crippen molar-refractivity contribution in [3.63, 3.8) is 0 Å². The van der Waals surface area contributed by atoms with Crippen LogP contribution >= 0.6 is 27.5 Å². The van der Waals surface area contributed by atoms with Gasteiger partial charge < -0.3 is 0 Å². The first-order valence-corrected chi connectivity index (χ1v) is 6.17. The first-order valence-electron chi connectivity index (χ1n) is 5.00. The molecule has 1 aromatic heterocycles. The van der Waals surface area contributed by atoms with Crippen LogP contribution < -0.4 is 0 Å². The van der Waals surface area contributed by atoms with E-state index in [9.17, 15) is 4.39 Å². The van der Waals surface area contributed by atoms with E-state index in [4.69, 9.17) is 11.6 Å². The molecule has 1 aromatic carbocycles. The van der Waals surface area contributed by atoms with E-state index in [1.807, 2.05) is 13.8 Å². The second kappa shape index (κ2) is 5.60. The van der Waals surface area contributed by atoms with Gasteiger partial charge in [0, 0.05) is 5.39 Å². The van der Waals surface area contributed by atoms with Crippen LogP contribution in [0.4, 0.5) is 4.39 Å². The minimum Gasteiger partial charge on any atom is -0.236 e. The highest BCUT2D eigenvalue weighted by molar-refractivity contribution is 9.10. The van der Waals surface area contributed by atoms with Crippen molar-refractivity contribution in [2.75, 3.05) is 0 Å². The largest absolute Gasteiger partial charge is 0.236 e. The number of fused-ring (bicyclic) bond motifs is 1. The minimum atomic E-state index is -0.297. The predicted molar refractivity (Wildman–Crippen MR) is 70.5 cm³/mol. The first-order chi connectivity index (χ1) is 7.59. The summed E-state index contributed by atoms with van der Waals surface area (Å²) in [6.45, 7) is 5.80. The Kier molecular flexibility index (Phi) is 4.69. The van der Waals surface area contributed by atoms with Gasteiger partial charge in [0.15, 0.2) is 0 Å². The molecule has 0 unspecified atom stereocenters. The van der Waals surface area contributed by atoms with E-state index in [2.05, 4.69) is 20.9 Å². The molecule has 0 N–H and O–H groups in total. The lowest BCUT2D eigenvalue weighted by atomic mass is 10.1. The van der Waals surface area contributed by atoms with E-state index in [0.717, 1.165) is 5.56 Å². The lowest BCUT2D eigenvalue weighted by molar-refractivity contribution is 0.633. The molecule has 0 radical (unpaired) electrons. The molecule has 1 heterocycles. The van der Waals surface area contributed by atoms with Crippen LogP contribution in [-0.2, 0) is 0 Å². The summed E-state index contributed by atoms with van der Waals surface area (Å²) in [5.74, 6) is -0.297. The van der Waals surface area contributed by atoms with Crippen molar-refractivity contribution in [3.05, 3.63) is 39.2 Å². The number of halogens is 3. The Labute approximate surface area is 108 Å². The molecule has 86 valence electrons. The van der Waals surface area contributed by atoms with E-state index in [-0.39, 0.29) is 5.82 Å². The summed E-state index contributed by atoms with van der Waals surface area (Å²) in [5.41, 5.74) is 1.34. The second-order valence-corrected chi connectivity index (χ2v) is 4.24. The van der Waals surface area contributed by atoms with Crippen molar-refractivity contribution >= 4 is 38.4 Å². The van der Waals surface area contributed by atoms with Crippen LogP contribution in [-0.4, -0.2) is 4.98 Å². The molecule has 2 rings (SSSR count). The molecule has 0 spiro atoms. The SMILES string of the molecule is CC.Cc1cc2c(F)c(Br)ccc2nc1Cl. The number of aryl methyl sites for hydroxylation is 1. The van der Waals surface area contributed by atoms with Crippen molar-refractivity contribution in [2.45, 2.75) is 20.8 Å². The molecular weight excluding hydrogens is 292 g/mol. The van der Waals surface area contributed by atoms with Crippen LogP contribution in [0.2, 0.25) is 5.15 Å². The number of benzene rings is 1. The molecule has 1 nitrogen and oxygen atoms in total. The van der Waals surface area contributed by atoms with Gasteiger partial charge >= 0.3 is 0 Å². The second-order valence-electron chi connectivity index (χ2n) is 3.02. The van der Waals surface area contributed by atoms with Gasteiger partial charge in [-0.3, -0.25) is 0 Å². The molecule has 4 heteroatoms. The van der Waals surface area contributed by atoms with Gasteiger partial charge in [-0.1, -0.05) is 25.4 Å². The zero-order chi connectivity index (χ0) is 12.3. The van der Waals surface area contributed by atoms with E-state index in [1.54, 1.807) is 25.1 Å². The molecule has 0 fully saturated rings. The number of pyridine rings is 1. The Hall–Kier alpha value is -0.670. The summed E-state index contributed by atoms with van der Waals surface area (Å²) in [5, 5.41) is 0.903. The van der Waals surface area contributed by atoms with Crippen LogP contribution in [0.15, 0.2) is 22.7 Å². The average Bonchev–Trinajstić information content (AvgIpc) is 2.30. The van der Waals surface area contributed by atoms with Crippen LogP contribution in [0.1, 0.15) is 19.4 Å². The smallest absolute Gasteiger partial charge is 0.146 e. The van der Waals surface area contributed by atoms with Crippen molar-refractivity contribution in [1.29, 1.82) is 0 Å². The fraction of sp³-hybridized carbons (Fsp3) is 0.250. The van der Waals surface area contributed by atoms with E-state index >= 15 is 0 Å². The lowest BCUT2D eigenvalue weighted by Gasteiger charge is -2.03. The molecule has 0 amide bonds. The van der Waals surface area contributed by atoms with Gasteiger partial charge in [-0.05, 0) is 46.6 Å². The Morgan fingerprint density at radius 2 is 1.94 bits per heavy atom. The van der Waals surface area contributed by atoms with Gasteiger partial charge in [0.25, 0.3) is 0 Å². The van der Waals surface area contributed by atoms with E-state index < -0.39 is 0 Å². The number of hydrogen-bond donors (Lipinski definition) is 0. The van der Waals surface area contributed by atoms with Gasteiger partial charge in [-0.15, -0.1) is 0 Å². The maximum atomic E-state index is 13.6. The molecule has 0 saturated carbocycles. The zero-order valence-corrected chi connectivity index (χ0v) is 11.7. The van der Waals surface area contributed by atoms with Crippen molar-refractivity contribution < 1.29 is 4.39 Å². The number of rotatable bonds is 0. The molecule has 0 saturated heterocycles. The number of hydrogen-bond acceptors (Lipinski definition) is 1. The standard InChI is InChI=1S/C10H6BrClFN.C2H6/c1-5-4-6-8(14-10(5)12)3-2-7(11)9(6)13;1-2/h2-4H,1H3;1-2H3. The maximum absolute atomic E-state index is 13.6. The summed E-state index contributed by atoms with van der Waals surface area (Å²) in [7, 11) is 0. The third-order valence-corrected chi connectivity index (χ3v) is 3.01.